The van der Waals surface area contributed by atoms with Crippen LogP contribution in [0.25, 0.3) is 0 Å². The fraction of sp³-hybridized carbons (Fsp3) is 0.579. The highest BCUT2D eigenvalue weighted by Gasteiger charge is 2.58. The van der Waals surface area contributed by atoms with Gasteiger partial charge in [0, 0.05) is 36.8 Å². The zero-order valence-corrected chi connectivity index (χ0v) is 17.3. The van der Waals surface area contributed by atoms with Gasteiger partial charge in [0.05, 0.1) is 6.67 Å². The van der Waals surface area contributed by atoms with Crippen molar-refractivity contribution in [3.8, 4) is 0 Å². The summed E-state index contributed by atoms with van der Waals surface area (Å²) in [5.74, 6) is 3.83. The van der Waals surface area contributed by atoms with Crippen LogP contribution in [0.1, 0.15) is 24.6 Å². The average molecular weight is 431 g/mol. The van der Waals surface area contributed by atoms with Gasteiger partial charge in [-0.2, -0.15) is 10.1 Å². The van der Waals surface area contributed by atoms with Crippen molar-refractivity contribution in [3.05, 3.63) is 35.1 Å². The molecule has 1 amide bonds. The Morgan fingerprint density at radius 3 is 2.93 bits per heavy atom. The number of hydrazine groups is 2. The Kier molecular flexibility index (Phi) is 4.24. The van der Waals surface area contributed by atoms with Crippen molar-refractivity contribution in [2.24, 2.45) is 17.8 Å². The lowest BCUT2D eigenvalue weighted by molar-refractivity contribution is -0.149. The van der Waals surface area contributed by atoms with Crippen LogP contribution >= 0.6 is 11.6 Å². The number of fused-ring (bicyclic) bond motifs is 2. The third kappa shape index (κ3) is 2.97. The first-order valence-electron chi connectivity index (χ1n) is 10.3. The normalized spacial score (nSPS) is 33.1. The molecule has 5 heterocycles. The number of hydrogen-bond donors (Lipinski definition) is 2. The molecule has 10 nitrogen and oxygen atoms in total. The maximum Gasteiger partial charge on any atom is 0.246 e. The quantitative estimate of drug-likeness (QED) is 0.721. The molecule has 0 aromatic carbocycles. The van der Waals surface area contributed by atoms with Crippen LogP contribution in [0.2, 0.25) is 5.02 Å². The number of nitrogens with one attached hydrogen (secondary N) is 2. The largest absolute Gasteiger partial charge is 0.356 e. The summed E-state index contributed by atoms with van der Waals surface area (Å²) >= 11 is 6.09. The van der Waals surface area contributed by atoms with Crippen molar-refractivity contribution in [2.75, 3.05) is 31.2 Å². The van der Waals surface area contributed by atoms with E-state index >= 15 is 0 Å². The molecule has 1 saturated carbocycles. The van der Waals surface area contributed by atoms with Gasteiger partial charge >= 0.3 is 0 Å². The van der Waals surface area contributed by atoms with E-state index in [0.717, 1.165) is 31.3 Å². The molecule has 3 unspecified atom stereocenters. The second-order valence-electron chi connectivity index (χ2n) is 8.64. The first kappa shape index (κ1) is 18.5. The number of hydrogen-bond acceptors (Lipinski definition) is 9. The standard InChI is InChI=1S/C19H23ClN8O2/c1-10-5-22-28-17(10)19(29)27(9-23-28)8-15-24-18(25-30-15)16-12-6-26(7-13(12)16)14-4-11(20)2-3-21-14/h2-4,10,12-13,16-17,22-23H,5-9H2,1H3/t10?,12-,13+,16?,17?. The number of carbonyl (C=O) groups is 1. The fourth-order valence-corrected chi connectivity index (χ4v) is 5.22. The Morgan fingerprint density at radius 2 is 2.13 bits per heavy atom. The van der Waals surface area contributed by atoms with Crippen LogP contribution in [0.3, 0.4) is 0 Å². The molecule has 1 aliphatic carbocycles. The topological polar surface area (TPSA) is 103 Å². The molecular formula is C19H23ClN8O2. The van der Waals surface area contributed by atoms with E-state index in [1.807, 2.05) is 11.2 Å². The fourth-order valence-electron chi connectivity index (χ4n) is 5.07. The van der Waals surface area contributed by atoms with Crippen molar-refractivity contribution in [2.45, 2.75) is 25.4 Å². The van der Waals surface area contributed by atoms with Gasteiger partial charge in [-0.3, -0.25) is 4.79 Å². The maximum absolute atomic E-state index is 12.8. The monoisotopic (exact) mass is 430 g/mol. The van der Waals surface area contributed by atoms with Crippen LogP contribution in [0, 0.1) is 17.8 Å². The smallest absolute Gasteiger partial charge is 0.246 e. The predicted octanol–water partition coefficient (Wildman–Crippen LogP) is 0.597. The first-order valence-corrected chi connectivity index (χ1v) is 10.7. The average Bonchev–Trinajstić information content (AvgIpc) is 3.16. The highest BCUT2D eigenvalue weighted by Crippen LogP contribution is 2.57. The molecule has 4 aliphatic rings. The number of rotatable bonds is 4. The van der Waals surface area contributed by atoms with Gasteiger partial charge in [0.25, 0.3) is 0 Å². The summed E-state index contributed by atoms with van der Waals surface area (Å²) in [7, 11) is 0. The van der Waals surface area contributed by atoms with Crippen LogP contribution < -0.4 is 15.8 Å². The second kappa shape index (κ2) is 6.88. The second-order valence-corrected chi connectivity index (χ2v) is 9.08. The highest BCUT2D eigenvalue weighted by molar-refractivity contribution is 6.30. The minimum atomic E-state index is -0.199. The molecular weight excluding hydrogens is 408 g/mol. The summed E-state index contributed by atoms with van der Waals surface area (Å²) in [5, 5.41) is 6.74. The number of halogens is 1. The number of pyridine rings is 1. The van der Waals surface area contributed by atoms with Gasteiger partial charge in [-0.15, -0.1) is 0 Å². The van der Waals surface area contributed by atoms with Crippen LogP contribution in [0.5, 0.6) is 0 Å². The van der Waals surface area contributed by atoms with E-state index in [9.17, 15) is 4.79 Å². The summed E-state index contributed by atoms with van der Waals surface area (Å²) in [6, 6.07) is 3.49. The van der Waals surface area contributed by atoms with Crippen molar-refractivity contribution in [1.29, 1.82) is 0 Å². The Labute approximate surface area is 178 Å². The van der Waals surface area contributed by atoms with Crippen LogP contribution in [-0.4, -0.2) is 63.4 Å². The minimum absolute atomic E-state index is 0.0824. The van der Waals surface area contributed by atoms with Gasteiger partial charge in [0.15, 0.2) is 5.82 Å². The number of aromatic nitrogens is 3. The van der Waals surface area contributed by atoms with Crippen molar-refractivity contribution < 1.29 is 9.32 Å². The van der Waals surface area contributed by atoms with Crippen LogP contribution in [0.4, 0.5) is 5.82 Å². The summed E-state index contributed by atoms with van der Waals surface area (Å²) in [5.41, 5.74) is 6.43. The molecule has 11 heteroatoms. The Bertz CT molecular complexity index is 973. The van der Waals surface area contributed by atoms with Gasteiger partial charge in [-0.25, -0.2) is 15.8 Å². The number of amides is 1. The van der Waals surface area contributed by atoms with Gasteiger partial charge in [0.1, 0.15) is 18.4 Å². The Morgan fingerprint density at radius 1 is 1.30 bits per heavy atom. The van der Waals surface area contributed by atoms with Gasteiger partial charge in [-0.1, -0.05) is 23.7 Å². The number of nitrogens with zero attached hydrogens (tertiary/aromatic N) is 6. The van der Waals surface area contributed by atoms with Crippen molar-refractivity contribution in [1.82, 2.24) is 36.0 Å². The van der Waals surface area contributed by atoms with Gasteiger partial charge < -0.3 is 14.3 Å². The van der Waals surface area contributed by atoms with E-state index < -0.39 is 0 Å². The number of anilines is 1. The zero-order valence-electron chi connectivity index (χ0n) is 16.5. The summed E-state index contributed by atoms with van der Waals surface area (Å²) in [4.78, 5) is 25.9. The third-order valence-corrected chi connectivity index (χ3v) is 6.97. The lowest BCUT2D eigenvalue weighted by atomic mass is 10.0. The molecule has 2 aromatic heterocycles. The van der Waals surface area contributed by atoms with E-state index in [4.69, 9.17) is 16.1 Å². The van der Waals surface area contributed by atoms with E-state index in [1.54, 1.807) is 17.2 Å². The molecule has 0 bridgehead atoms. The molecule has 5 atom stereocenters. The van der Waals surface area contributed by atoms with Crippen molar-refractivity contribution in [3.63, 3.8) is 0 Å². The number of carbonyl (C=O) groups excluding carboxylic acids is 1. The molecule has 0 spiro atoms. The molecule has 158 valence electrons. The SMILES string of the molecule is CC1CNN2NCN(Cc3nc(C4[C@H]5CN(c6cc(Cl)ccn6)C[C@@H]45)no3)C(=O)C12. The van der Waals surface area contributed by atoms with Gasteiger partial charge in [0.2, 0.25) is 11.8 Å². The predicted molar refractivity (Wildman–Crippen MR) is 107 cm³/mol. The summed E-state index contributed by atoms with van der Waals surface area (Å²) in [6.45, 7) is 5.44. The highest BCUT2D eigenvalue weighted by atomic mass is 35.5. The van der Waals surface area contributed by atoms with E-state index in [2.05, 4.69) is 37.8 Å². The minimum Gasteiger partial charge on any atom is -0.356 e. The molecule has 6 rings (SSSR count). The molecule has 30 heavy (non-hydrogen) atoms. The lowest BCUT2D eigenvalue weighted by Crippen LogP contribution is -2.63. The Hall–Kier alpha value is -2.27. The summed E-state index contributed by atoms with van der Waals surface area (Å²) in [6.07, 6.45) is 1.74. The molecule has 2 N–H and O–H groups in total. The number of piperidine rings is 1. The van der Waals surface area contributed by atoms with E-state index in [1.165, 1.54) is 0 Å². The Balaban J connectivity index is 1.09. The molecule has 3 saturated heterocycles. The van der Waals surface area contributed by atoms with E-state index in [0.29, 0.717) is 41.9 Å². The first-order chi connectivity index (χ1) is 14.6. The van der Waals surface area contributed by atoms with Crippen molar-refractivity contribution >= 4 is 23.3 Å². The lowest BCUT2D eigenvalue weighted by Gasteiger charge is -2.37. The summed E-state index contributed by atoms with van der Waals surface area (Å²) < 4.78 is 5.49. The molecule has 4 fully saturated rings. The molecule has 2 aromatic rings. The van der Waals surface area contributed by atoms with E-state index in [-0.39, 0.29) is 17.9 Å². The van der Waals surface area contributed by atoms with Crippen LogP contribution in [-0.2, 0) is 11.3 Å². The van der Waals surface area contributed by atoms with Crippen LogP contribution in [0.15, 0.2) is 22.9 Å². The zero-order chi connectivity index (χ0) is 20.4. The molecule has 0 radical (unpaired) electrons. The van der Waals surface area contributed by atoms with Gasteiger partial charge in [-0.05, 0) is 29.9 Å². The molecule has 3 aliphatic heterocycles. The maximum atomic E-state index is 12.8. The third-order valence-electron chi connectivity index (χ3n) is 6.73.